The summed E-state index contributed by atoms with van der Waals surface area (Å²) in [6, 6.07) is 13.6. The van der Waals surface area contributed by atoms with Crippen molar-refractivity contribution in [3.05, 3.63) is 92.3 Å². The zero-order valence-electron chi connectivity index (χ0n) is 18.2. The highest BCUT2D eigenvalue weighted by Gasteiger charge is 2.17. The van der Waals surface area contributed by atoms with E-state index in [1.54, 1.807) is 48.9 Å². The number of methoxy groups -OCH3 is 1. The number of esters is 1. The van der Waals surface area contributed by atoms with E-state index in [4.69, 9.17) is 14.6 Å². The van der Waals surface area contributed by atoms with E-state index in [0.29, 0.717) is 27.3 Å². The number of H-pyrrole nitrogens is 1. The van der Waals surface area contributed by atoms with Gasteiger partial charge in [-0.05, 0) is 35.4 Å². The van der Waals surface area contributed by atoms with Gasteiger partial charge in [0.15, 0.2) is 0 Å². The van der Waals surface area contributed by atoms with E-state index in [1.165, 1.54) is 11.3 Å². The van der Waals surface area contributed by atoms with Gasteiger partial charge in [0.1, 0.15) is 17.2 Å². The first-order valence-electron chi connectivity index (χ1n) is 10.3. The number of carbonyl (C=O) groups is 2. The second kappa shape index (κ2) is 10.3. The Morgan fingerprint density at radius 3 is 2.68 bits per heavy atom. The molecular formula is C24H21N3O6S. The Balaban J connectivity index is 1.44. The van der Waals surface area contributed by atoms with Crippen molar-refractivity contribution in [3.63, 3.8) is 0 Å². The lowest BCUT2D eigenvalue weighted by Gasteiger charge is -2.07. The Kier molecular flexibility index (Phi) is 7.00. The second-order valence-corrected chi connectivity index (χ2v) is 8.18. The van der Waals surface area contributed by atoms with Crippen LogP contribution < -0.4 is 15.6 Å². The highest BCUT2D eigenvalue weighted by Crippen LogP contribution is 2.22. The molecular weight excluding hydrogens is 458 g/mol. The zero-order chi connectivity index (χ0) is 24.1. The summed E-state index contributed by atoms with van der Waals surface area (Å²) in [6.45, 7) is 0.00243. The van der Waals surface area contributed by atoms with Crippen LogP contribution >= 0.6 is 11.3 Å². The van der Waals surface area contributed by atoms with Crippen LogP contribution in [0.3, 0.4) is 0 Å². The Morgan fingerprint density at radius 1 is 1.15 bits per heavy atom. The maximum Gasteiger partial charge on any atom is 0.338 e. The summed E-state index contributed by atoms with van der Waals surface area (Å²) in [7, 11) is 1.56. The number of hydrogen-bond donors (Lipinski definition) is 3. The van der Waals surface area contributed by atoms with Crippen molar-refractivity contribution in [1.82, 2.24) is 15.3 Å². The Labute approximate surface area is 198 Å². The Bertz CT molecular complexity index is 1390. The molecule has 10 heteroatoms. The predicted molar refractivity (Wildman–Crippen MR) is 126 cm³/mol. The average molecular weight is 480 g/mol. The quantitative estimate of drug-likeness (QED) is 0.331. The number of carbonyl (C=O) groups excluding carboxylic acids is 2. The standard InChI is InChI=1S/C24H21N3O6S/c1-32-18-4-2-3-15(9-18)10-25-22(30)20-26-21(29)19-17(13-34-23(19)27-20)12-33-24(31)16-7-5-14(11-28)6-8-16/h2-9,13,28H,10-12H2,1H3,(H,25,30)(H,26,27,29). The van der Waals surface area contributed by atoms with Gasteiger partial charge in [-0.25, -0.2) is 9.78 Å². The van der Waals surface area contributed by atoms with Gasteiger partial charge in [0.05, 0.1) is 24.7 Å². The van der Waals surface area contributed by atoms with Crippen LogP contribution in [0.15, 0.2) is 58.7 Å². The number of aromatic amines is 1. The van der Waals surface area contributed by atoms with Gasteiger partial charge in [-0.2, -0.15) is 0 Å². The number of hydrogen-bond acceptors (Lipinski definition) is 8. The van der Waals surface area contributed by atoms with Crippen LogP contribution in [0.2, 0.25) is 0 Å². The number of rotatable bonds is 8. The number of thiophene rings is 1. The highest BCUT2D eigenvalue weighted by atomic mass is 32.1. The van der Waals surface area contributed by atoms with Crippen molar-refractivity contribution in [2.75, 3.05) is 7.11 Å². The van der Waals surface area contributed by atoms with E-state index in [9.17, 15) is 14.4 Å². The monoisotopic (exact) mass is 479 g/mol. The second-order valence-electron chi connectivity index (χ2n) is 7.32. The van der Waals surface area contributed by atoms with Crippen LogP contribution in [0.5, 0.6) is 5.75 Å². The summed E-state index contributed by atoms with van der Waals surface area (Å²) < 4.78 is 10.5. The molecule has 2 aromatic heterocycles. The highest BCUT2D eigenvalue weighted by molar-refractivity contribution is 7.16. The summed E-state index contributed by atoms with van der Waals surface area (Å²) in [6.07, 6.45) is 0. The first-order valence-corrected chi connectivity index (χ1v) is 11.1. The van der Waals surface area contributed by atoms with E-state index < -0.39 is 17.4 Å². The summed E-state index contributed by atoms with van der Waals surface area (Å²) in [4.78, 5) is 44.7. The van der Waals surface area contributed by atoms with Gasteiger partial charge in [0.2, 0.25) is 5.82 Å². The molecule has 9 nitrogen and oxygen atoms in total. The molecule has 0 atom stereocenters. The number of aromatic nitrogens is 2. The third-order valence-electron chi connectivity index (χ3n) is 5.05. The number of amides is 1. The summed E-state index contributed by atoms with van der Waals surface area (Å²) >= 11 is 1.18. The van der Waals surface area contributed by atoms with Crippen molar-refractivity contribution in [2.45, 2.75) is 19.8 Å². The van der Waals surface area contributed by atoms with E-state index in [1.807, 2.05) is 12.1 Å². The molecule has 0 bridgehead atoms. The topological polar surface area (TPSA) is 131 Å². The molecule has 4 aromatic rings. The van der Waals surface area contributed by atoms with E-state index in [-0.39, 0.29) is 31.0 Å². The van der Waals surface area contributed by atoms with Gasteiger partial charge >= 0.3 is 5.97 Å². The molecule has 0 aliphatic rings. The van der Waals surface area contributed by atoms with E-state index in [2.05, 4.69) is 15.3 Å². The molecule has 0 aliphatic carbocycles. The average Bonchev–Trinajstić information content (AvgIpc) is 3.29. The maximum absolute atomic E-state index is 12.7. The first-order chi connectivity index (χ1) is 16.5. The summed E-state index contributed by atoms with van der Waals surface area (Å²) in [5, 5.41) is 13.8. The fourth-order valence-corrected chi connectivity index (χ4v) is 4.17. The molecule has 0 unspecified atom stereocenters. The lowest BCUT2D eigenvalue weighted by Crippen LogP contribution is -2.27. The van der Waals surface area contributed by atoms with Crippen molar-refractivity contribution in [3.8, 4) is 5.75 Å². The SMILES string of the molecule is COc1cccc(CNC(=O)c2nc3scc(COC(=O)c4ccc(CO)cc4)c3c(=O)[nH]2)c1. The maximum atomic E-state index is 12.7. The molecule has 174 valence electrons. The lowest BCUT2D eigenvalue weighted by molar-refractivity contribution is 0.0474. The molecule has 0 spiro atoms. The minimum Gasteiger partial charge on any atom is -0.497 e. The van der Waals surface area contributed by atoms with Gasteiger partial charge < -0.3 is 24.9 Å². The number of benzene rings is 2. The van der Waals surface area contributed by atoms with Gasteiger partial charge in [0, 0.05) is 17.5 Å². The zero-order valence-corrected chi connectivity index (χ0v) is 19.0. The summed E-state index contributed by atoms with van der Waals surface area (Å²) in [5.74, 6) is -0.500. The number of nitrogens with zero attached hydrogens (tertiary/aromatic N) is 1. The molecule has 2 heterocycles. The molecule has 0 fully saturated rings. The number of fused-ring (bicyclic) bond motifs is 1. The van der Waals surface area contributed by atoms with Crippen LogP contribution in [0.1, 0.15) is 37.7 Å². The predicted octanol–water partition coefficient (Wildman–Crippen LogP) is 2.77. The minimum absolute atomic E-state index is 0.102. The largest absolute Gasteiger partial charge is 0.497 e. The van der Waals surface area contributed by atoms with Crippen molar-refractivity contribution in [2.24, 2.45) is 0 Å². The van der Waals surface area contributed by atoms with Crippen molar-refractivity contribution in [1.29, 1.82) is 0 Å². The Morgan fingerprint density at radius 2 is 1.94 bits per heavy atom. The van der Waals surface area contributed by atoms with Crippen LogP contribution in [-0.2, 0) is 24.5 Å². The number of aliphatic hydroxyl groups excluding tert-OH is 1. The van der Waals surface area contributed by atoms with Crippen molar-refractivity contribution < 1.29 is 24.2 Å². The normalized spacial score (nSPS) is 10.8. The molecule has 3 N–H and O–H groups in total. The number of nitrogens with one attached hydrogen (secondary N) is 2. The fourth-order valence-electron chi connectivity index (χ4n) is 3.24. The van der Waals surface area contributed by atoms with Crippen molar-refractivity contribution >= 4 is 33.4 Å². The lowest BCUT2D eigenvalue weighted by atomic mass is 10.1. The molecule has 0 saturated carbocycles. The van der Waals surface area contributed by atoms with E-state index >= 15 is 0 Å². The molecule has 1 amide bonds. The molecule has 2 aromatic carbocycles. The first kappa shape index (κ1) is 23.1. The van der Waals surface area contributed by atoms with Gasteiger partial charge in [-0.15, -0.1) is 11.3 Å². The smallest absolute Gasteiger partial charge is 0.338 e. The number of ether oxygens (including phenoxy) is 2. The molecule has 0 aliphatic heterocycles. The third kappa shape index (κ3) is 5.13. The third-order valence-corrected chi connectivity index (χ3v) is 5.97. The van der Waals surface area contributed by atoms with Crippen LogP contribution in [0.4, 0.5) is 0 Å². The summed E-state index contributed by atoms with van der Waals surface area (Å²) in [5.41, 5.74) is 1.86. The molecule has 4 rings (SSSR count). The molecule has 0 saturated heterocycles. The minimum atomic E-state index is -0.554. The van der Waals surface area contributed by atoms with Crippen LogP contribution in [-0.4, -0.2) is 34.1 Å². The van der Waals surface area contributed by atoms with Crippen LogP contribution in [0, 0.1) is 0 Å². The number of aliphatic hydroxyl groups is 1. The van der Waals surface area contributed by atoms with E-state index in [0.717, 1.165) is 5.56 Å². The Hall–Kier alpha value is -4.02. The molecule has 34 heavy (non-hydrogen) atoms. The molecule has 0 radical (unpaired) electrons. The van der Waals surface area contributed by atoms with Gasteiger partial charge in [-0.3, -0.25) is 9.59 Å². The van der Waals surface area contributed by atoms with Crippen LogP contribution in [0.25, 0.3) is 10.2 Å². The van der Waals surface area contributed by atoms with Gasteiger partial charge in [0.25, 0.3) is 11.5 Å². The fraction of sp³-hybridized carbons (Fsp3) is 0.167. The van der Waals surface area contributed by atoms with Gasteiger partial charge in [-0.1, -0.05) is 24.3 Å².